The highest BCUT2D eigenvalue weighted by Crippen LogP contribution is 2.31. The van der Waals surface area contributed by atoms with Crippen molar-refractivity contribution >= 4 is 27.3 Å². The lowest BCUT2D eigenvalue weighted by molar-refractivity contribution is -0.120. The van der Waals surface area contributed by atoms with Crippen molar-refractivity contribution in [2.45, 2.75) is 26.2 Å². The van der Waals surface area contributed by atoms with Gasteiger partial charge < -0.3 is 11.1 Å². The molecule has 0 aromatic heterocycles. The van der Waals surface area contributed by atoms with E-state index >= 15 is 0 Å². The molecule has 0 bridgehead atoms. The van der Waals surface area contributed by atoms with Gasteiger partial charge in [-0.25, -0.2) is 8.42 Å². The summed E-state index contributed by atoms with van der Waals surface area (Å²) in [5.74, 6) is 0.252. The van der Waals surface area contributed by atoms with Crippen LogP contribution in [0.25, 0.3) is 0 Å². The van der Waals surface area contributed by atoms with Gasteiger partial charge in [0.25, 0.3) is 0 Å². The zero-order valence-corrected chi connectivity index (χ0v) is 13.5. The van der Waals surface area contributed by atoms with Crippen LogP contribution in [0.15, 0.2) is 24.3 Å². The number of carbonyl (C=O) groups is 1. The number of hydrogen-bond donors (Lipinski definition) is 3. The van der Waals surface area contributed by atoms with Crippen molar-refractivity contribution < 1.29 is 13.2 Å². The Labute approximate surface area is 131 Å². The molecule has 0 aliphatic heterocycles. The van der Waals surface area contributed by atoms with Crippen LogP contribution in [0.4, 0.5) is 11.4 Å². The zero-order chi connectivity index (χ0) is 16.2. The fourth-order valence-electron chi connectivity index (χ4n) is 2.77. The smallest absolute Gasteiger partial charge is 0.232 e. The van der Waals surface area contributed by atoms with Crippen LogP contribution >= 0.6 is 0 Å². The van der Waals surface area contributed by atoms with Gasteiger partial charge in [-0.1, -0.05) is 6.42 Å². The molecule has 6 nitrogen and oxygen atoms in total. The van der Waals surface area contributed by atoms with E-state index in [1.807, 2.05) is 0 Å². The summed E-state index contributed by atoms with van der Waals surface area (Å²) in [4.78, 5) is 12.3. The van der Waals surface area contributed by atoms with Crippen LogP contribution in [0.2, 0.25) is 0 Å². The molecule has 0 spiro atoms. The Kier molecular flexibility index (Phi) is 5.42. The summed E-state index contributed by atoms with van der Waals surface area (Å²) in [6.07, 6.45) is 2.92. The van der Waals surface area contributed by atoms with Crippen LogP contribution in [-0.2, 0) is 14.8 Å². The fourth-order valence-corrected chi connectivity index (χ4v) is 3.41. The highest BCUT2D eigenvalue weighted by molar-refractivity contribution is 7.92. The lowest BCUT2D eigenvalue weighted by atomic mass is 9.95. The Morgan fingerprint density at radius 1 is 1.23 bits per heavy atom. The summed E-state index contributed by atoms with van der Waals surface area (Å²) >= 11 is 0. The second-order valence-corrected chi connectivity index (χ2v) is 7.62. The van der Waals surface area contributed by atoms with E-state index in [0.717, 1.165) is 19.3 Å². The van der Waals surface area contributed by atoms with Crippen LogP contribution in [-0.4, -0.2) is 26.6 Å². The van der Waals surface area contributed by atoms with E-state index in [4.69, 9.17) is 5.73 Å². The first kappa shape index (κ1) is 16.8. The number of amides is 1. The minimum atomic E-state index is -3.28. The molecule has 4 N–H and O–H groups in total. The van der Waals surface area contributed by atoms with Crippen LogP contribution in [0, 0.1) is 11.8 Å². The summed E-state index contributed by atoms with van der Waals surface area (Å²) in [7, 11) is -3.28. The molecule has 0 heterocycles. The Bertz CT molecular complexity index is 613. The highest BCUT2D eigenvalue weighted by atomic mass is 32.2. The van der Waals surface area contributed by atoms with Gasteiger partial charge in [0.05, 0.1) is 5.75 Å². The van der Waals surface area contributed by atoms with Gasteiger partial charge in [0.2, 0.25) is 15.9 Å². The molecule has 7 heteroatoms. The number of carbonyl (C=O) groups excluding carboxylic acids is 1. The topological polar surface area (TPSA) is 101 Å². The Hall–Kier alpha value is -1.60. The van der Waals surface area contributed by atoms with Crippen molar-refractivity contribution in [2.75, 3.05) is 22.3 Å². The number of rotatable bonds is 6. The largest absolute Gasteiger partial charge is 0.330 e. The molecule has 0 radical (unpaired) electrons. The van der Waals surface area contributed by atoms with Crippen LogP contribution in [0.5, 0.6) is 0 Å². The van der Waals surface area contributed by atoms with Crippen molar-refractivity contribution in [1.29, 1.82) is 0 Å². The van der Waals surface area contributed by atoms with E-state index in [1.165, 1.54) is 0 Å². The number of nitrogens with two attached hydrogens (primary N) is 1. The number of sulfonamides is 1. The number of benzene rings is 1. The molecule has 0 unspecified atom stereocenters. The zero-order valence-electron chi connectivity index (χ0n) is 12.7. The van der Waals surface area contributed by atoms with Gasteiger partial charge in [0.1, 0.15) is 0 Å². The minimum absolute atomic E-state index is 0.00478. The van der Waals surface area contributed by atoms with E-state index < -0.39 is 10.0 Å². The molecule has 122 valence electrons. The van der Waals surface area contributed by atoms with E-state index in [0.29, 0.717) is 17.9 Å². The summed E-state index contributed by atoms with van der Waals surface area (Å²) in [5, 5.41) is 2.88. The fraction of sp³-hybridized carbons (Fsp3) is 0.533. The van der Waals surface area contributed by atoms with E-state index in [-0.39, 0.29) is 23.5 Å². The van der Waals surface area contributed by atoms with E-state index in [1.54, 1.807) is 31.2 Å². The van der Waals surface area contributed by atoms with Crippen molar-refractivity contribution in [3.63, 3.8) is 0 Å². The van der Waals surface area contributed by atoms with Gasteiger partial charge in [-0.05, 0) is 56.5 Å². The standard InChI is InChI=1S/C15H23N3O3S/c1-2-22(20,21)18-13-8-6-12(7-9-13)17-15(19)14-5-3-4-11(14)10-16/h6-9,11,14,18H,2-5,10,16H2,1H3,(H,17,19)/t11-,14-/m1/s1. The number of anilines is 2. The lowest BCUT2D eigenvalue weighted by Crippen LogP contribution is -2.29. The van der Waals surface area contributed by atoms with Crippen LogP contribution in [0.3, 0.4) is 0 Å². The lowest BCUT2D eigenvalue weighted by Gasteiger charge is -2.17. The Morgan fingerprint density at radius 3 is 2.45 bits per heavy atom. The second kappa shape index (κ2) is 7.11. The number of hydrogen-bond acceptors (Lipinski definition) is 4. The summed E-state index contributed by atoms with van der Waals surface area (Å²) in [5.41, 5.74) is 6.85. The average Bonchev–Trinajstić information content (AvgIpc) is 2.97. The normalized spacial score (nSPS) is 21.5. The average molecular weight is 325 g/mol. The molecule has 1 saturated carbocycles. The first-order valence-corrected chi connectivity index (χ1v) is 9.22. The quantitative estimate of drug-likeness (QED) is 0.741. The van der Waals surface area contributed by atoms with Gasteiger partial charge in [-0.15, -0.1) is 0 Å². The van der Waals surface area contributed by atoms with Crippen molar-refractivity contribution in [1.82, 2.24) is 0 Å². The van der Waals surface area contributed by atoms with Crippen LogP contribution < -0.4 is 15.8 Å². The first-order valence-electron chi connectivity index (χ1n) is 7.56. The van der Waals surface area contributed by atoms with Crippen LogP contribution in [0.1, 0.15) is 26.2 Å². The molecular weight excluding hydrogens is 302 g/mol. The molecule has 1 fully saturated rings. The maximum atomic E-state index is 12.3. The summed E-state index contributed by atoms with van der Waals surface area (Å²) in [6.45, 7) is 2.11. The molecule has 1 amide bonds. The van der Waals surface area contributed by atoms with Gasteiger partial charge in [-0.2, -0.15) is 0 Å². The third-order valence-electron chi connectivity index (χ3n) is 4.10. The first-order chi connectivity index (χ1) is 10.4. The minimum Gasteiger partial charge on any atom is -0.330 e. The van der Waals surface area contributed by atoms with E-state index in [9.17, 15) is 13.2 Å². The Balaban J connectivity index is 1.98. The van der Waals surface area contributed by atoms with Gasteiger partial charge in [-0.3, -0.25) is 9.52 Å². The summed E-state index contributed by atoms with van der Waals surface area (Å²) in [6, 6.07) is 6.66. The second-order valence-electron chi connectivity index (χ2n) is 5.61. The van der Waals surface area contributed by atoms with Crippen molar-refractivity contribution in [3.05, 3.63) is 24.3 Å². The molecule has 0 saturated heterocycles. The van der Waals surface area contributed by atoms with Crippen molar-refractivity contribution in [3.8, 4) is 0 Å². The predicted octanol–water partition coefficient (Wildman–Crippen LogP) is 1.76. The third-order valence-corrected chi connectivity index (χ3v) is 5.41. The SMILES string of the molecule is CCS(=O)(=O)Nc1ccc(NC(=O)[C@@H]2CCC[C@@H]2CN)cc1. The van der Waals surface area contributed by atoms with Gasteiger partial charge in [0, 0.05) is 17.3 Å². The molecule has 22 heavy (non-hydrogen) atoms. The molecule has 2 rings (SSSR count). The monoisotopic (exact) mass is 325 g/mol. The van der Waals surface area contributed by atoms with Gasteiger partial charge >= 0.3 is 0 Å². The highest BCUT2D eigenvalue weighted by Gasteiger charge is 2.31. The molecule has 1 aliphatic carbocycles. The molecule has 1 aliphatic rings. The van der Waals surface area contributed by atoms with E-state index in [2.05, 4.69) is 10.0 Å². The maximum absolute atomic E-state index is 12.3. The predicted molar refractivity (Wildman–Crippen MR) is 88.0 cm³/mol. The summed E-state index contributed by atoms with van der Waals surface area (Å²) < 4.78 is 25.4. The molecule has 2 atom stereocenters. The third kappa shape index (κ3) is 4.20. The molecule has 1 aromatic rings. The molecule has 1 aromatic carbocycles. The van der Waals surface area contributed by atoms with Gasteiger partial charge in [0.15, 0.2) is 0 Å². The maximum Gasteiger partial charge on any atom is 0.232 e. The van der Waals surface area contributed by atoms with Crippen molar-refractivity contribution in [2.24, 2.45) is 17.6 Å². The Morgan fingerprint density at radius 2 is 1.86 bits per heavy atom. The molecular formula is C15H23N3O3S. The number of nitrogens with one attached hydrogen (secondary N) is 2.